The molecule has 3 amide bonds. The van der Waals surface area contributed by atoms with E-state index in [1.54, 1.807) is 43.2 Å². The minimum Gasteiger partial charge on any atom is -0.480 e. The number of hydrogen-bond donors (Lipinski definition) is 3. The van der Waals surface area contributed by atoms with Gasteiger partial charge in [-0.3, -0.25) is 34.1 Å². The molecule has 4 aliphatic heterocycles. The third kappa shape index (κ3) is 7.81. The average molecular weight is 884 g/mol. The first-order chi connectivity index (χ1) is 30.3. The highest BCUT2D eigenvalue weighted by molar-refractivity contribution is 6.33. The van der Waals surface area contributed by atoms with Crippen LogP contribution in [0.25, 0.3) is 21.8 Å². The Bertz CT molecular complexity index is 2720. The van der Waals surface area contributed by atoms with Gasteiger partial charge >= 0.3 is 5.92 Å². The molecular weight excluding hydrogens is 836 g/mol. The predicted molar refractivity (Wildman–Crippen MR) is 233 cm³/mol. The van der Waals surface area contributed by atoms with Gasteiger partial charge in [0.2, 0.25) is 23.5 Å². The van der Waals surface area contributed by atoms with Gasteiger partial charge in [0.15, 0.2) is 12.4 Å². The molecule has 3 saturated heterocycles. The summed E-state index contributed by atoms with van der Waals surface area (Å²) >= 11 is 6.62. The maximum Gasteiger partial charge on any atom is 0.301 e. The number of aryl methyl sites for hydroxylation is 2. The Hall–Kier alpha value is -5.88. The van der Waals surface area contributed by atoms with Crippen LogP contribution < -0.4 is 31.1 Å². The monoisotopic (exact) mass is 883 g/mol. The van der Waals surface area contributed by atoms with Crippen LogP contribution in [-0.4, -0.2) is 116 Å². The maximum atomic E-state index is 15.2. The first-order valence-electron chi connectivity index (χ1n) is 21.6. The van der Waals surface area contributed by atoms with Crippen LogP contribution in [0, 0.1) is 11.8 Å². The number of aromatic nitrogens is 5. The second kappa shape index (κ2) is 16.0. The maximum absolute atomic E-state index is 15.2. The summed E-state index contributed by atoms with van der Waals surface area (Å²) < 4.78 is 38.9. The van der Waals surface area contributed by atoms with Gasteiger partial charge in [-0.25, -0.2) is 13.8 Å². The van der Waals surface area contributed by atoms with E-state index in [-0.39, 0.29) is 41.5 Å². The highest BCUT2D eigenvalue weighted by Crippen LogP contribution is 2.46. The third-order valence-electron chi connectivity index (χ3n) is 13.4. The van der Waals surface area contributed by atoms with E-state index in [1.807, 2.05) is 23.1 Å². The fourth-order valence-corrected chi connectivity index (χ4v) is 9.79. The standard InChI is InChI=1S/C44H48ClF2N11O5/c1-54-32-9-6-27(20-30(32)36-37(42(54)62)63-23-44(46,47)38(51-36)25-3-4-25)49-39-31(45)21-48-43(52-39)58-17-15-56(16-18-58)22-24-11-13-57(14-12-24)41(61)26-5-7-28-33(19-26)55(2)53-35(28)29-8-10-34(59)50-40(29)60/h5-7,9,19-21,24-25,29,38,51H,3-4,8,10-18,22-23H2,1-2H3,(H,48,49,52)(H,50,59,60). The SMILES string of the molecule is Cn1nc(C2CCC(=O)NC2=O)c2ccc(C(=O)N3CCC(CN4CCN(c5ncc(Cl)c(Nc6ccc7c(c6)c6c(c(=O)n7C)OCC(F)(F)C(C7CC7)N6)n5)CC4)CC3)cc21. The molecule has 63 heavy (non-hydrogen) atoms. The number of pyridine rings is 1. The van der Waals surface area contributed by atoms with E-state index >= 15 is 8.78 Å². The molecule has 10 rings (SSSR count). The van der Waals surface area contributed by atoms with Crippen LogP contribution in [0.3, 0.4) is 0 Å². The summed E-state index contributed by atoms with van der Waals surface area (Å²) in [6, 6.07) is 9.73. The number of amides is 3. The second-order valence-corrected chi connectivity index (χ2v) is 18.0. The summed E-state index contributed by atoms with van der Waals surface area (Å²) in [5.74, 6) is -3.20. The molecule has 5 aliphatic rings. The minimum atomic E-state index is -3.14. The van der Waals surface area contributed by atoms with Gasteiger partial charge < -0.3 is 29.7 Å². The smallest absolute Gasteiger partial charge is 0.301 e. The Morgan fingerprint density at radius 2 is 1.73 bits per heavy atom. The molecule has 1 aliphatic carbocycles. The second-order valence-electron chi connectivity index (χ2n) is 17.6. The van der Waals surface area contributed by atoms with Gasteiger partial charge in [0.1, 0.15) is 5.02 Å². The first kappa shape index (κ1) is 41.1. The van der Waals surface area contributed by atoms with Crippen molar-refractivity contribution >= 4 is 74.3 Å². The number of hydrogen-bond acceptors (Lipinski definition) is 12. The molecule has 2 aromatic carbocycles. The number of anilines is 4. The number of carbonyl (C=O) groups is 3. The summed E-state index contributed by atoms with van der Waals surface area (Å²) in [5, 5.41) is 15.0. The first-order valence-corrected chi connectivity index (χ1v) is 22.0. The number of carbonyl (C=O) groups excluding carboxylic acids is 3. The molecule has 0 spiro atoms. The predicted octanol–water partition coefficient (Wildman–Crippen LogP) is 5.03. The summed E-state index contributed by atoms with van der Waals surface area (Å²) in [6.07, 6.45) is 5.44. The van der Waals surface area contributed by atoms with Crippen molar-refractivity contribution in [2.75, 3.05) is 68.0 Å². The van der Waals surface area contributed by atoms with Gasteiger partial charge in [-0.1, -0.05) is 17.7 Å². The molecule has 0 bridgehead atoms. The Balaban J connectivity index is 0.752. The summed E-state index contributed by atoms with van der Waals surface area (Å²) in [6.45, 7) is 4.49. The zero-order chi connectivity index (χ0) is 43.7. The lowest BCUT2D eigenvalue weighted by atomic mass is 9.92. The van der Waals surface area contributed by atoms with Crippen molar-refractivity contribution in [2.45, 2.75) is 56.4 Å². The Morgan fingerprint density at radius 1 is 0.952 bits per heavy atom. The lowest BCUT2D eigenvalue weighted by Crippen LogP contribution is -2.49. The number of imide groups is 1. The molecule has 7 heterocycles. The number of piperidine rings is 2. The Kier molecular flexibility index (Phi) is 10.5. The van der Waals surface area contributed by atoms with E-state index in [9.17, 15) is 19.2 Å². The van der Waals surface area contributed by atoms with Gasteiger partial charge in [0.05, 0.1) is 40.6 Å². The van der Waals surface area contributed by atoms with E-state index in [4.69, 9.17) is 21.3 Å². The van der Waals surface area contributed by atoms with E-state index in [2.05, 4.69) is 35.8 Å². The number of nitrogens with zero attached hydrogens (tertiary/aromatic N) is 8. The highest BCUT2D eigenvalue weighted by Gasteiger charge is 2.51. The topological polar surface area (TPSA) is 172 Å². The van der Waals surface area contributed by atoms with Gasteiger partial charge in [0.25, 0.3) is 11.5 Å². The van der Waals surface area contributed by atoms with Crippen molar-refractivity contribution in [3.05, 3.63) is 69.2 Å². The van der Waals surface area contributed by atoms with Crippen LogP contribution in [0.1, 0.15) is 60.5 Å². The molecule has 2 atom stereocenters. The molecule has 5 aromatic rings. The third-order valence-corrected chi connectivity index (χ3v) is 13.7. The number of ether oxygens (including phenoxy) is 1. The van der Waals surface area contributed by atoms with E-state index < -0.39 is 30.0 Å². The zero-order valence-corrected chi connectivity index (χ0v) is 35.8. The van der Waals surface area contributed by atoms with Gasteiger partial charge in [-0.05, 0) is 74.3 Å². The molecular formula is C44H48ClF2N11O5. The Labute approximate surface area is 365 Å². The van der Waals surface area contributed by atoms with Crippen LogP contribution in [-0.2, 0) is 23.7 Å². The number of fused-ring (bicyclic) bond motifs is 4. The van der Waals surface area contributed by atoms with Crippen LogP contribution in [0.15, 0.2) is 47.4 Å². The normalized spacial score (nSPS) is 22.0. The number of piperazine rings is 1. The van der Waals surface area contributed by atoms with Crippen molar-refractivity contribution in [1.29, 1.82) is 0 Å². The van der Waals surface area contributed by atoms with Crippen molar-refractivity contribution in [2.24, 2.45) is 25.9 Å². The number of alkyl halides is 2. The molecule has 3 N–H and O–H groups in total. The molecule has 3 aromatic heterocycles. The van der Waals surface area contributed by atoms with Gasteiger partial charge in [-0.2, -0.15) is 10.1 Å². The molecule has 0 radical (unpaired) electrons. The number of rotatable bonds is 8. The largest absolute Gasteiger partial charge is 0.480 e. The van der Waals surface area contributed by atoms with Crippen LogP contribution in [0.5, 0.6) is 5.75 Å². The van der Waals surface area contributed by atoms with Gasteiger partial charge in [0, 0.05) is 88.4 Å². The molecule has 19 heteroatoms. The van der Waals surface area contributed by atoms with E-state index in [0.717, 1.165) is 56.5 Å². The summed E-state index contributed by atoms with van der Waals surface area (Å²) in [4.78, 5) is 67.0. The zero-order valence-electron chi connectivity index (χ0n) is 35.0. The molecule has 16 nitrogen and oxygen atoms in total. The Morgan fingerprint density at radius 3 is 2.48 bits per heavy atom. The summed E-state index contributed by atoms with van der Waals surface area (Å²) in [7, 11) is 3.40. The van der Waals surface area contributed by atoms with Crippen LogP contribution >= 0.6 is 11.6 Å². The van der Waals surface area contributed by atoms with E-state index in [0.29, 0.717) is 82.9 Å². The van der Waals surface area contributed by atoms with Crippen LogP contribution in [0.2, 0.25) is 5.02 Å². The lowest BCUT2D eigenvalue weighted by molar-refractivity contribution is -0.134. The quantitative estimate of drug-likeness (QED) is 0.178. The van der Waals surface area contributed by atoms with Gasteiger partial charge in [-0.15, -0.1) is 0 Å². The fourth-order valence-electron chi connectivity index (χ4n) is 9.65. The number of benzene rings is 2. The van der Waals surface area contributed by atoms with Crippen molar-refractivity contribution in [1.82, 2.24) is 39.4 Å². The minimum absolute atomic E-state index is 0.0209. The number of halogens is 3. The number of likely N-dealkylation sites (tertiary alicyclic amines) is 1. The molecule has 330 valence electrons. The van der Waals surface area contributed by atoms with Crippen LogP contribution in [0.4, 0.5) is 31.9 Å². The van der Waals surface area contributed by atoms with E-state index in [1.165, 1.54) is 4.57 Å². The molecule has 1 saturated carbocycles. The average Bonchev–Trinajstić information content (AvgIpc) is 4.08. The van der Waals surface area contributed by atoms with Crippen molar-refractivity contribution < 1.29 is 27.9 Å². The molecule has 2 unspecified atom stereocenters. The highest BCUT2D eigenvalue weighted by atomic mass is 35.5. The molecule has 4 fully saturated rings. The lowest BCUT2D eigenvalue weighted by Gasteiger charge is -2.39. The summed E-state index contributed by atoms with van der Waals surface area (Å²) in [5.41, 5.74) is 2.92. The number of nitrogens with one attached hydrogen (secondary N) is 3. The van der Waals surface area contributed by atoms with Crippen molar-refractivity contribution in [3.63, 3.8) is 0 Å². The fraction of sp³-hybridized carbons (Fsp3) is 0.477. The van der Waals surface area contributed by atoms with Crippen molar-refractivity contribution in [3.8, 4) is 5.75 Å².